The molecular formula is C35H34N6O3S2. The quantitative estimate of drug-likeness (QED) is 0.169. The zero-order valence-electron chi connectivity index (χ0n) is 25.8. The number of hydrogen-bond acceptors (Lipinski definition) is 8. The van der Waals surface area contributed by atoms with Crippen LogP contribution in [0, 0.1) is 13.8 Å². The van der Waals surface area contributed by atoms with Gasteiger partial charge in [-0.15, -0.1) is 21.5 Å². The Morgan fingerprint density at radius 1 is 0.978 bits per heavy atom. The number of carbonyl (C=O) groups excluding carboxylic acids is 2. The van der Waals surface area contributed by atoms with Crippen LogP contribution in [0.4, 0.5) is 0 Å². The highest BCUT2D eigenvalue weighted by Gasteiger charge is 2.34. The smallest absolute Gasteiger partial charge is 0.253 e. The second kappa shape index (κ2) is 14.1. The Bertz CT molecular complexity index is 1850. The van der Waals surface area contributed by atoms with Gasteiger partial charge in [0.05, 0.1) is 48.1 Å². The van der Waals surface area contributed by atoms with E-state index in [1.165, 1.54) is 11.8 Å². The highest BCUT2D eigenvalue weighted by molar-refractivity contribution is 7.99. The van der Waals surface area contributed by atoms with Gasteiger partial charge >= 0.3 is 0 Å². The molecule has 0 unspecified atom stereocenters. The average molecular weight is 651 g/mol. The highest BCUT2D eigenvalue weighted by atomic mass is 32.2. The molecule has 5 aromatic rings. The number of nitrogens with zero attached hydrogens (tertiary/aromatic N) is 5. The van der Waals surface area contributed by atoms with E-state index >= 15 is 0 Å². The molecule has 0 fully saturated rings. The van der Waals surface area contributed by atoms with Gasteiger partial charge in [0.15, 0.2) is 11.0 Å². The van der Waals surface area contributed by atoms with Gasteiger partial charge in [-0.3, -0.25) is 14.2 Å². The van der Waals surface area contributed by atoms with Crippen LogP contribution in [0.2, 0.25) is 0 Å². The summed E-state index contributed by atoms with van der Waals surface area (Å²) in [5.41, 5.74) is 5.90. The molecule has 1 atom stereocenters. The van der Waals surface area contributed by atoms with Gasteiger partial charge in [0.1, 0.15) is 5.75 Å². The zero-order valence-corrected chi connectivity index (χ0v) is 27.5. The number of aromatic nitrogens is 3. The van der Waals surface area contributed by atoms with Gasteiger partial charge in [0.25, 0.3) is 5.91 Å². The highest BCUT2D eigenvalue weighted by Crippen LogP contribution is 2.35. The minimum atomic E-state index is -0.233. The van der Waals surface area contributed by atoms with Crippen molar-refractivity contribution in [1.29, 1.82) is 0 Å². The van der Waals surface area contributed by atoms with Crippen molar-refractivity contribution in [2.45, 2.75) is 44.4 Å². The van der Waals surface area contributed by atoms with Gasteiger partial charge in [-0.25, -0.2) is 5.01 Å². The van der Waals surface area contributed by atoms with E-state index in [0.717, 1.165) is 44.3 Å². The first-order valence-electron chi connectivity index (χ1n) is 14.9. The predicted octanol–water partition coefficient (Wildman–Crippen LogP) is 6.28. The first kappa shape index (κ1) is 31.3. The third-order valence-corrected chi connectivity index (χ3v) is 9.80. The summed E-state index contributed by atoms with van der Waals surface area (Å²) >= 11 is 2.92. The van der Waals surface area contributed by atoms with Crippen LogP contribution in [0.25, 0.3) is 5.69 Å². The normalized spacial score (nSPS) is 14.3. The summed E-state index contributed by atoms with van der Waals surface area (Å²) in [6, 6.07) is 27.2. The number of hydrazone groups is 1. The maximum Gasteiger partial charge on any atom is 0.253 e. The van der Waals surface area contributed by atoms with E-state index in [1.54, 1.807) is 23.5 Å². The van der Waals surface area contributed by atoms with Crippen molar-refractivity contribution in [2.75, 3.05) is 12.9 Å². The summed E-state index contributed by atoms with van der Waals surface area (Å²) in [6.45, 7) is 4.30. The lowest BCUT2D eigenvalue weighted by Crippen LogP contribution is -2.28. The first-order chi connectivity index (χ1) is 22.4. The van der Waals surface area contributed by atoms with E-state index in [-0.39, 0.29) is 36.6 Å². The van der Waals surface area contributed by atoms with Crippen LogP contribution < -0.4 is 10.1 Å². The molecule has 0 saturated heterocycles. The molecule has 3 aromatic carbocycles. The van der Waals surface area contributed by atoms with Crippen molar-refractivity contribution in [2.24, 2.45) is 5.10 Å². The van der Waals surface area contributed by atoms with Crippen LogP contribution in [-0.2, 0) is 22.6 Å². The van der Waals surface area contributed by atoms with Crippen LogP contribution in [0.3, 0.4) is 0 Å². The van der Waals surface area contributed by atoms with E-state index in [2.05, 4.69) is 28.5 Å². The molecule has 1 aliphatic heterocycles. The fourth-order valence-corrected chi connectivity index (χ4v) is 6.90. The monoisotopic (exact) mass is 650 g/mol. The lowest BCUT2D eigenvalue weighted by molar-refractivity contribution is -0.130. The fraction of sp³-hybridized carbons (Fsp3) is 0.229. The fourth-order valence-electron chi connectivity index (χ4n) is 5.36. The molecule has 0 spiro atoms. The summed E-state index contributed by atoms with van der Waals surface area (Å²) in [5.74, 6) is 1.21. The standard InChI is InChI=1S/C35H34N6O3S2/c1-23-9-7-12-29(24(23)2)40-32(21-36-33(42)19-25-10-5-4-6-11-25)37-38-35(40)46-22-34(43)41-30(26-14-16-27(44-3)17-15-26)20-28(39-41)31-13-8-18-45-31/h4-18,30H,19-22H2,1-3H3,(H,36,42)/t30-/m0/s1. The number of thiophene rings is 1. The van der Waals surface area contributed by atoms with Crippen molar-refractivity contribution < 1.29 is 14.3 Å². The Kier molecular flexibility index (Phi) is 9.60. The number of thioether (sulfide) groups is 1. The van der Waals surface area contributed by atoms with Crippen LogP contribution in [0.1, 0.15) is 45.4 Å². The second-order valence-corrected chi connectivity index (χ2v) is 12.8. The third-order valence-electron chi connectivity index (χ3n) is 7.97. The van der Waals surface area contributed by atoms with E-state index in [0.29, 0.717) is 17.4 Å². The topological polar surface area (TPSA) is 102 Å². The van der Waals surface area contributed by atoms with Gasteiger partial charge in [-0.05, 0) is 65.7 Å². The van der Waals surface area contributed by atoms with E-state index in [4.69, 9.17) is 9.84 Å². The van der Waals surface area contributed by atoms with E-state index < -0.39 is 0 Å². The number of ether oxygens (including phenoxy) is 1. The Hall–Kier alpha value is -4.74. The number of rotatable bonds is 11. The predicted molar refractivity (Wildman–Crippen MR) is 182 cm³/mol. The van der Waals surface area contributed by atoms with Gasteiger partial charge in [0.2, 0.25) is 5.91 Å². The Morgan fingerprint density at radius 3 is 2.52 bits per heavy atom. The van der Waals surface area contributed by atoms with Gasteiger partial charge in [-0.1, -0.05) is 72.4 Å². The molecular weight excluding hydrogens is 617 g/mol. The average Bonchev–Trinajstić information content (AvgIpc) is 3.85. The lowest BCUT2D eigenvalue weighted by atomic mass is 10.0. The van der Waals surface area contributed by atoms with E-state index in [9.17, 15) is 9.59 Å². The summed E-state index contributed by atoms with van der Waals surface area (Å²) in [6.07, 6.45) is 0.891. The summed E-state index contributed by atoms with van der Waals surface area (Å²) in [4.78, 5) is 27.7. The molecule has 6 rings (SSSR count). The molecule has 3 heterocycles. The summed E-state index contributed by atoms with van der Waals surface area (Å²) < 4.78 is 7.29. The first-order valence-corrected chi connectivity index (χ1v) is 16.8. The molecule has 2 aromatic heterocycles. The molecule has 11 heteroatoms. The Labute approximate surface area is 276 Å². The molecule has 234 valence electrons. The van der Waals surface area contributed by atoms with Crippen LogP contribution >= 0.6 is 23.1 Å². The molecule has 46 heavy (non-hydrogen) atoms. The Morgan fingerprint density at radius 2 is 1.78 bits per heavy atom. The van der Waals surface area contributed by atoms with Crippen molar-refractivity contribution in [3.8, 4) is 11.4 Å². The van der Waals surface area contributed by atoms with Gasteiger partial charge < -0.3 is 10.1 Å². The molecule has 0 saturated carbocycles. The lowest BCUT2D eigenvalue weighted by Gasteiger charge is -2.22. The SMILES string of the molecule is COc1ccc([C@@H]2CC(c3cccs3)=NN2C(=O)CSc2nnc(CNC(=O)Cc3ccccc3)n2-c2cccc(C)c2C)cc1. The van der Waals surface area contributed by atoms with Crippen LogP contribution in [-0.4, -0.2) is 50.2 Å². The van der Waals surface area contributed by atoms with Crippen molar-refractivity contribution in [1.82, 2.24) is 25.1 Å². The number of methoxy groups -OCH3 is 1. The molecule has 1 aliphatic rings. The molecule has 1 N–H and O–H groups in total. The third kappa shape index (κ3) is 6.90. The number of amides is 2. The zero-order chi connectivity index (χ0) is 32.0. The van der Waals surface area contributed by atoms with E-state index in [1.807, 2.05) is 95.7 Å². The largest absolute Gasteiger partial charge is 0.497 e. The second-order valence-electron chi connectivity index (χ2n) is 10.9. The Balaban J connectivity index is 1.23. The minimum absolute atomic E-state index is 0.107. The molecule has 0 aliphatic carbocycles. The summed E-state index contributed by atoms with van der Waals surface area (Å²) in [7, 11) is 1.64. The van der Waals surface area contributed by atoms with Crippen molar-refractivity contribution >= 4 is 40.6 Å². The van der Waals surface area contributed by atoms with Crippen molar-refractivity contribution in [3.05, 3.63) is 123 Å². The van der Waals surface area contributed by atoms with Crippen LogP contribution in [0.15, 0.2) is 101 Å². The van der Waals surface area contributed by atoms with Gasteiger partial charge in [0, 0.05) is 6.42 Å². The number of aryl methyl sites for hydroxylation is 1. The van der Waals surface area contributed by atoms with Crippen LogP contribution in [0.5, 0.6) is 5.75 Å². The van der Waals surface area contributed by atoms with Crippen molar-refractivity contribution in [3.63, 3.8) is 0 Å². The van der Waals surface area contributed by atoms with Gasteiger partial charge in [-0.2, -0.15) is 5.10 Å². The minimum Gasteiger partial charge on any atom is -0.497 e. The number of nitrogens with one attached hydrogen (secondary N) is 1. The molecule has 0 bridgehead atoms. The number of hydrogen-bond donors (Lipinski definition) is 1. The summed E-state index contributed by atoms with van der Waals surface area (Å²) in [5, 5.41) is 20.9. The maximum absolute atomic E-state index is 13.9. The number of benzene rings is 3. The molecule has 2 amide bonds. The number of carbonyl (C=O) groups is 2. The maximum atomic E-state index is 13.9. The molecule has 9 nitrogen and oxygen atoms in total. The molecule has 0 radical (unpaired) electrons.